The lowest BCUT2D eigenvalue weighted by Crippen LogP contribution is -2.16. The predicted molar refractivity (Wildman–Crippen MR) is 70.0 cm³/mol. The van der Waals surface area contributed by atoms with E-state index < -0.39 is 30.9 Å². The van der Waals surface area contributed by atoms with E-state index in [0.717, 1.165) is 0 Å². The van der Waals surface area contributed by atoms with E-state index in [1.807, 2.05) is 22.6 Å². The molecule has 0 aliphatic heterocycles. The summed E-state index contributed by atoms with van der Waals surface area (Å²) in [5, 5.41) is 11.1. The predicted octanol–water partition coefficient (Wildman–Crippen LogP) is 3.27. The third-order valence-corrected chi connectivity index (χ3v) is 2.69. The molecule has 1 amide bonds. The number of benzene rings is 1. The molecule has 2 N–H and O–H groups in total. The lowest BCUT2D eigenvalue weighted by molar-refractivity contribution is -0.142. The first-order chi connectivity index (χ1) is 8.67. The quantitative estimate of drug-likeness (QED) is 0.780. The third kappa shape index (κ3) is 5.90. The molecular weight excluding hydrogens is 378 g/mol. The maximum absolute atomic E-state index is 11.9. The molecule has 4 nitrogen and oxygen atoms in total. The number of alkyl halides is 3. The number of hydrogen-bond donors (Lipinski definition) is 2. The van der Waals surface area contributed by atoms with Gasteiger partial charge in [0.15, 0.2) is 0 Å². The van der Waals surface area contributed by atoms with E-state index in [-0.39, 0.29) is 11.3 Å². The average molecular weight is 387 g/mol. The zero-order valence-corrected chi connectivity index (χ0v) is 11.6. The van der Waals surface area contributed by atoms with Crippen molar-refractivity contribution in [3.63, 3.8) is 0 Å². The molecule has 8 heteroatoms. The van der Waals surface area contributed by atoms with Crippen molar-refractivity contribution >= 4 is 40.2 Å². The van der Waals surface area contributed by atoms with Gasteiger partial charge in [0.05, 0.1) is 12.0 Å². The van der Waals surface area contributed by atoms with Crippen LogP contribution in [-0.4, -0.2) is 23.2 Å². The number of carboxylic acids is 1. The van der Waals surface area contributed by atoms with Crippen LogP contribution >= 0.6 is 22.6 Å². The van der Waals surface area contributed by atoms with Gasteiger partial charge in [-0.25, -0.2) is 4.79 Å². The van der Waals surface area contributed by atoms with Crippen molar-refractivity contribution in [2.75, 3.05) is 5.32 Å². The highest BCUT2D eigenvalue weighted by Gasteiger charge is 2.27. The number of rotatable bonds is 4. The molecule has 1 rings (SSSR count). The van der Waals surface area contributed by atoms with Gasteiger partial charge in [0.25, 0.3) is 0 Å². The standard InChI is InChI=1S/C11H9F3INO3/c12-11(13,14)2-1-9(17)16-8-4-6(10(18)19)3-7(15)5-8/h3-5H,1-2H2,(H,16,17)(H,18,19). The van der Waals surface area contributed by atoms with Crippen molar-refractivity contribution in [2.45, 2.75) is 19.0 Å². The molecule has 0 spiro atoms. The average Bonchev–Trinajstić information content (AvgIpc) is 2.24. The Morgan fingerprint density at radius 2 is 1.89 bits per heavy atom. The van der Waals surface area contributed by atoms with Gasteiger partial charge in [-0.3, -0.25) is 4.79 Å². The summed E-state index contributed by atoms with van der Waals surface area (Å²) in [4.78, 5) is 22.1. The van der Waals surface area contributed by atoms with E-state index >= 15 is 0 Å². The van der Waals surface area contributed by atoms with E-state index in [0.29, 0.717) is 3.57 Å². The molecule has 0 fully saturated rings. The molecule has 0 bridgehead atoms. The van der Waals surface area contributed by atoms with E-state index in [1.165, 1.54) is 18.2 Å². The van der Waals surface area contributed by atoms with Crippen LogP contribution in [0.3, 0.4) is 0 Å². The minimum atomic E-state index is -4.39. The van der Waals surface area contributed by atoms with Gasteiger partial charge in [-0.05, 0) is 40.8 Å². The summed E-state index contributed by atoms with van der Waals surface area (Å²) in [7, 11) is 0. The summed E-state index contributed by atoms with van der Waals surface area (Å²) in [5.74, 6) is -1.99. The summed E-state index contributed by atoms with van der Waals surface area (Å²) in [6, 6.07) is 4.04. The van der Waals surface area contributed by atoms with Gasteiger partial charge >= 0.3 is 12.1 Å². The fourth-order valence-electron chi connectivity index (χ4n) is 1.26. The molecule has 0 unspecified atom stereocenters. The van der Waals surface area contributed by atoms with Crippen LogP contribution in [0.25, 0.3) is 0 Å². The number of aromatic carboxylic acids is 1. The normalized spacial score (nSPS) is 11.2. The van der Waals surface area contributed by atoms with E-state index in [1.54, 1.807) is 0 Å². The molecule has 1 aromatic rings. The van der Waals surface area contributed by atoms with Crippen LogP contribution in [0.5, 0.6) is 0 Å². The molecule has 0 heterocycles. The summed E-state index contributed by atoms with van der Waals surface area (Å²) in [5.41, 5.74) is 0.120. The lowest BCUT2D eigenvalue weighted by Gasteiger charge is -2.08. The smallest absolute Gasteiger partial charge is 0.389 e. The first-order valence-electron chi connectivity index (χ1n) is 5.08. The van der Waals surface area contributed by atoms with Crippen LogP contribution in [0.2, 0.25) is 0 Å². The van der Waals surface area contributed by atoms with E-state index in [2.05, 4.69) is 5.32 Å². The Morgan fingerprint density at radius 3 is 2.42 bits per heavy atom. The van der Waals surface area contributed by atoms with Crippen molar-refractivity contribution in [3.8, 4) is 0 Å². The number of carbonyl (C=O) groups excluding carboxylic acids is 1. The van der Waals surface area contributed by atoms with Crippen molar-refractivity contribution in [2.24, 2.45) is 0 Å². The Bertz CT molecular complexity index is 502. The molecule has 0 radical (unpaired) electrons. The largest absolute Gasteiger partial charge is 0.478 e. The first kappa shape index (κ1) is 15.7. The number of amides is 1. The number of halogens is 4. The Balaban J connectivity index is 2.71. The Labute approximate surface area is 120 Å². The third-order valence-electron chi connectivity index (χ3n) is 2.06. The summed E-state index contributed by atoms with van der Waals surface area (Å²) >= 11 is 1.85. The fourth-order valence-corrected chi connectivity index (χ4v) is 1.94. The molecule has 0 aliphatic carbocycles. The minimum absolute atomic E-state index is 0.0435. The highest BCUT2D eigenvalue weighted by Crippen LogP contribution is 2.22. The molecule has 104 valence electrons. The monoisotopic (exact) mass is 387 g/mol. The Hall–Kier alpha value is -1.32. The van der Waals surface area contributed by atoms with Crippen LogP contribution in [0, 0.1) is 3.57 Å². The SMILES string of the molecule is O=C(CCC(F)(F)F)Nc1cc(I)cc(C(=O)O)c1. The minimum Gasteiger partial charge on any atom is -0.478 e. The number of nitrogens with one attached hydrogen (secondary N) is 1. The molecule has 0 saturated carbocycles. The van der Waals surface area contributed by atoms with Gasteiger partial charge in [-0.1, -0.05) is 0 Å². The number of hydrogen-bond acceptors (Lipinski definition) is 2. The zero-order chi connectivity index (χ0) is 14.6. The van der Waals surface area contributed by atoms with Crippen molar-refractivity contribution in [3.05, 3.63) is 27.3 Å². The second kappa shape index (κ2) is 6.22. The van der Waals surface area contributed by atoms with Crippen molar-refractivity contribution < 1.29 is 27.9 Å². The summed E-state index contributed by atoms with van der Waals surface area (Å²) in [6.07, 6.45) is -6.30. The van der Waals surface area contributed by atoms with Gasteiger partial charge in [0, 0.05) is 15.7 Å². The second-order valence-corrected chi connectivity index (χ2v) is 4.94. The Morgan fingerprint density at radius 1 is 1.26 bits per heavy atom. The maximum atomic E-state index is 11.9. The number of carbonyl (C=O) groups is 2. The molecule has 0 saturated heterocycles. The molecule has 19 heavy (non-hydrogen) atoms. The number of carboxylic acid groups (broad SMARTS) is 1. The zero-order valence-electron chi connectivity index (χ0n) is 9.42. The topological polar surface area (TPSA) is 66.4 Å². The molecule has 1 aromatic carbocycles. The second-order valence-electron chi connectivity index (χ2n) is 3.70. The van der Waals surface area contributed by atoms with Crippen LogP contribution in [0.15, 0.2) is 18.2 Å². The van der Waals surface area contributed by atoms with Gasteiger partial charge in [0.1, 0.15) is 0 Å². The first-order valence-corrected chi connectivity index (χ1v) is 6.16. The van der Waals surface area contributed by atoms with E-state index in [4.69, 9.17) is 5.11 Å². The van der Waals surface area contributed by atoms with E-state index in [9.17, 15) is 22.8 Å². The molecular formula is C11H9F3INO3. The fraction of sp³-hybridized carbons (Fsp3) is 0.273. The molecule has 0 aromatic heterocycles. The Kier molecular flexibility index (Phi) is 5.15. The van der Waals surface area contributed by atoms with Crippen LogP contribution < -0.4 is 5.32 Å². The van der Waals surface area contributed by atoms with Crippen LogP contribution in [0.1, 0.15) is 23.2 Å². The lowest BCUT2D eigenvalue weighted by atomic mass is 10.2. The van der Waals surface area contributed by atoms with Crippen molar-refractivity contribution in [1.29, 1.82) is 0 Å². The van der Waals surface area contributed by atoms with Crippen molar-refractivity contribution in [1.82, 2.24) is 0 Å². The van der Waals surface area contributed by atoms with Crippen LogP contribution in [0.4, 0.5) is 18.9 Å². The van der Waals surface area contributed by atoms with Gasteiger partial charge < -0.3 is 10.4 Å². The summed E-state index contributed by atoms with van der Waals surface area (Å²) < 4.78 is 36.3. The van der Waals surface area contributed by atoms with Gasteiger partial charge in [-0.2, -0.15) is 13.2 Å². The maximum Gasteiger partial charge on any atom is 0.389 e. The van der Waals surface area contributed by atoms with Gasteiger partial charge in [-0.15, -0.1) is 0 Å². The highest BCUT2D eigenvalue weighted by atomic mass is 127. The molecule has 0 aliphatic rings. The number of anilines is 1. The summed E-state index contributed by atoms with van der Waals surface area (Å²) in [6.45, 7) is 0. The van der Waals surface area contributed by atoms with Gasteiger partial charge in [0.2, 0.25) is 5.91 Å². The highest BCUT2D eigenvalue weighted by molar-refractivity contribution is 14.1. The molecule has 0 atom stereocenters. The van der Waals surface area contributed by atoms with Crippen LogP contribution in [-0.2, 0) is 4.79 Å².